The van der Waals surface area contributed by atoms with Gasteiger partial charge in [0.1, 0.15) is 0 Å². The van der Waals surface area contributed by atoms with Crippen LogP contribution in [0.15, 0.2) is 40.2 Å². The zero-order chi connectivity index (χ0) is 15.5. The predicted molar refractivity (Wildman–Crippen MR) is 83.6 cm³/mol. The summed E-state index contributed by atoms with van der Waals surface area (Å²) in [4.78, 5) is 1.18. The number of alkyl halides is 3. The first kappa shape index (κ1) is 16.5. The minimum absolute atomic E-state index is 0.296. The summed E-state index contributed by atoms with van der Waals surface area (Å²) in [5.74, 6) is 0. The van der Waals surface area contributed by atoms with Crippen molar-refractivity contribution in [1.82, 2.24) is 5.32 Å². The Labute approximate surface area is 134 Å². The van der Waals surface area contributed by atoms with Gasteiger partial charge in [-0.05, 0) is 49.0 Å². The summed E-state index contributed by atoms with van der Waals surface area (Å²) in [5, 5.41) is 4.98. The molecule has 0 aliphatic carbocycles. The second-order valence-electron chi connectivity index (χ2n) is 4.69. The van der Waals surface area contributed by atoms with E-state index in [2.05, 4.69) is 21.2 Å². The van der Waals surface area contributed by atoms with E-state index in [-0.39, 0.29) is 6.04 Å². The maximum Gasteiger partial charge on any atom is 0.416 e. The van der Waals surface area contributed by atoms with Crippen LogP contribution < -0.4 is 5.32 Å². The van der Waals surface area contributed by atoms with E-state index in [0.29, 0.717) is 16.5 Å². The molecule has 1 heterocycles. The van der Waals surface area contributed by atoms with E-state index >= 15 is 0 Å². The molecule has 21 heavy (non-hydrogen) atoms. The van der Waals surface area contributed by atoms with Crippen molar-refractivity contribution >= 4 is 27.3 Å². The lowest BCUT2D eigenvalue weighted by Gasteiger charge is -2.21. The molecular weight excluding hydrogens is 363 g/mol. The highest BCUT2D eigenvalue weighted by Gasteiger charge is 2.35. The van der Waals surface area contributed by atoms with Gasteiger partial charge in [-0.2, -0.15) is 13.2 Å². The Morgan fingerprint density at radius 3 is 2.62 bits per heavy atom. The lowest BCUT2D eigenvalue weighted by atomic mass is 9.96. The van der Waals surface area contributed by atoms with Gasteiger partial charge >= 0.3 is 6.18 Å². The molecule has 0 saturated carbocycles. The molecule has 1 aromatic heterocycles. The minimum Gasteiger partial charge on any atom is -0.313 e. The largest absolute Gasteiger partial charge is 0.416 e. The van der Waals surface area contributed by atoms with Crippen LogP contribution in [0.5, 0.6) is 0 Å². The third-order valence-electron chi connectivity index (χ3n) is 3.30. The van der Waals surface area contributed by atoms with Gasteiger partial charge in [0.2, 0.25) is 0 Å². The first-order valence-electron chi connectivity index (χ1n) is 6.48. The van der Waals surface area contributed by atoms with E-state index in [1.165, 1.54) is 4.88 Å². The standard InChI is InChI=1S/C15H15BrF3NS/c1-20-14(7-5-11-3-2-8-21-11)12-6-4-10(16)9-13(12)15(17,18)19/h2-4,6,8-9,14,20H,5,7H2,1H3. The van der Waals surface area contributed by atoms with Crippen LogP contribution in [-0.2, 0) is 12.6 Å². The van der Waals surface area contributed by atoms with E-state index < -0.39 is 11.7 Å². The quantitative estimate of drug-likeness (QED) is 0.732. The van der Waals surface area contributed by atoms with Crippen molar-refractivity contribution in [3.63, 3.8) is 0 Å². The van der Waals surface area contributed by atoms with Crippen molar-refractivity contribution in [3.05, 3.63) is 56.2 Å². The van der Waals surface area contributed by atoms with E-state index in [1.807, 2.05) is 17.5 Å². The molecule has 2 aromatic rings. The van der Waals surface area contributed by atoms with Crippen LogP contribution in [-0.4, -0.2) is 7.05 Å². The van der Waals surface area contributed by atoms with Crippen molar-refractivity contribution in [2.75, 3.05) is 7.05 Å². The van der Waals surface area contributed by atoms with Crippen LogP contribution >= 0.6 is 27.3 Å². The third kappa shape index (κ3) is 4.31. The lowest BCUT2D eigenvalue weighted by Crippen LogP contribution is -2.21. The summed E-state index contributed by atoms with van der Waals surface area (Å²) in [7, 11) is 1.70. The summed E-state index contributed by atoms with van der Waals surface area (Å²) in [6.45, 7) is 0. The normalized spacial score (nSPS) is 13.4. The van der Waals surface area contributed by atoms with Crippen molar-refractivity contribution in [1.29, 1.82) is 0 Å². The molecule has 1 aromatic carbocycles. The molecule has 0 radical (unpaired) electrons. The molecule has 2 rings (SSSR count). The summed E-state index contributed by atoms with van der Waals surface area (Å²) in [6.07, 6.45) is -2.96. The van der Waals surface area contributed by atoms with Gasteiger partial charge in [0, 0.05) is 15.4 Å². The molecule has 1 unspecified atom stereocenters. The van der Waals surface area contributed by atoms with E-state index in [1.54, 1.807) is 30.5 Å². The molecule has 0 saturated heterocycles. The van der Waals surface area contributed by atoms with Gasteiger partial charge in [-0.25, -0.2) is 0 Å². The fourth-order valence-corrected chi connectivity index (χ4v) is 3.36. The first-order chi connectivity index (χ1) is 9.91. The smallest absolute Gasteiger partial charge is 0.313 e. The van der Waals surface area contributed by atoms with Gasteiger partial charge in [0.05, 0.1) is 5.56 Å². The molecule has 0 amide bonds. The maximum atomic E-state index is 13.2. The monoisotopic (exact) mass is 377 g/mol. The van der Waals surface area contributed by atoms with Crippen LogP contribution in [0.25, 0.3) is 0 Å². The molecule has 0 aliphatic rings. The van der Waals surface area contributed by atoms with Gasteiger partial charge < -0.3 is 5.32 Å². The van der Waals surface area contributed by atoms with Gasteiger partial charge in [0.15, 0.2) is 0 Å². The number of benzene rings is 1. The molecule has 0 spiro atoms. The second kappa shape index (κ2) is 6.94. The van der Waals surface area contributed by atoms with Crippen LogP contribution in [0.4, 0.5) is 13.2 Å². The zero-order valence-electron chi connectivity index (χ0n) is 11.4. The molecule has 1 atom stereocenters. The fourth-order valence-electron chi connectivity index (χ4n) is 2.27. The van der Waals surface area contributed by atoms with Gasteiger partial charge in [-0.1, -0.05) is 28.1 Å². The van der Waals surface area contributed by atoms with Crippen LogP contribution in [0.1, 0.15) is 28.5 Å². The molecule has 6 heteroatoms. The van der Waals surface area contributed by atoms with Crippen molar-refractivity contribution in [2.24, 2.45) is 0 Å². The third-order valence-corrected chi connectivity index (χ3v) is 4.73. The van der Waals surface area contributed by atoms with Crippen LogP contribution in [0.2, 0.25) is 0 Å². The van der Waals surface area contributed by atoms with E-state index in [4.69, 9.17) is 0 Å². The average Bonchev–Trinajstić information content (AvgIpc) is 2.93. The number of hydrogen-bond donors (Lipinski definition) is 1. The number of aryl methyl sites for hydroxylation is 1. The SMILES string of the molecule is CNC(CCc1cccs1)c1ccc(Br)cc1C(F)(F)F. The summed E-state index contributed by atoms with van der Waals surface area (Å²) >= 11 is 4.74. The molecular formula is C15H15BrF3NS. The second-order valence-corrected chi connectivity index (χ2v) is 6.64. The summed E-state index contributed by atoms with van der Waals surface area (Å²) < 4.78 is 40.0. The highest BCUT2D eigenvalue weighted by atomic mass is 79.9. The van der Waals surface area contributed by atoms with E-state index in [0.717, 1.165) is 12.5 Å². The number of thiophene rings is 1. The Balaban J connectivity index is 2.25. The van der Waals surface area contributed by atoms with Gasteiger partial charge in [-0.15, -0.1) is 11.3 Å². The minimum atomic E-state index is -4.35. The Hall–Kier alpha value is -0.850. The molecule has 0 fully saturated rings. The number of rotatable bonds is 5. The fraction of sp³-hybridized carbons (Fsp3) is 0.333. The number of nitrogens with one attached hydrogen (secondary N) is 1. The highest BCUT2D eigenvalue weighted by molar-refractivity contribution is 9.10. The Morgan fingerprint density at radius 2 is 2.05 bits per heavy atom. The Bertz CT molecular complexity index is 581. The molecule has 1 N–H and O–H groups in total. The summed E-state index contributed by atoms with van der Waals surface area (Å²) in [5.41, 5.74) is -0.285. The maximum absolute atomic E-state index is 13.2. The predicted octanol–water partition coefficient (Wildman–Crippen LogP) is 5.42. The topological polar surface area (TPSA) is 12.0 Å². The Morgan fingerprint density at radius 1 is 1.29 bits per heavy atom. The zero-order valence-corrected chi connectivity index (χ0v) is 13.8. The van der Waals surface area contributed by atoms with Crippen LogP contribution in [0.3, 0.4) is 0 Å². The summed E-state index contributed by atoms with van der Waals surface area (Å²) in [6, 6.07) is 7.98. The Kier molecular flexibility index (Phi) is 5.46. The average molecular weight is 378 g/mol. The lowest BCUT2D eigenvalue weighted by molar-refractivity contribution is -0.138. The number of hydrogen-bond acceptors (Lipinski definition) is 2. The number of halogens is 4. The molecule has 114 valence electrons. The van der Waals surface area contributed by atoms with E-state index in [9.17, 15) is 13.2 Å². The first-order valence-corrected chi connectivity index (χ1v) is 8.15. The van der Waals surface area contributed by atoms with Crippen molar-refractivity contribution in [3.8, 4) is 0 Å². The van der Waals surface area contributed by atoms with Gasteiger partial charge in [0.25, 0.3) is 0 Å². The van der Waals surface area contributed by atoms with Crippen LogP contribution in [0, 0.1) is 0 Å². The molecule has 0 aliphatic heterocycles. The van der Waals surface area contributed by atoms with Crippen molar-refractivity contribution in [2.45, 2.75) is 25.1 Å². The van der Waals surface area contributed by atoms with Crippen molar-refractivity contribution < 1.29 is 13.2 Å². The molecule has 0 bridgehead atoms. The highest BCUT2D eigenvalue weighted by Crippen LogP contribution is 2.37. The van der Waals surface area contributed by atoms with Gasteiger partial charge in [-0.3, -0.25) is 0 Å². The molecule has 1 nitrogen and oxygen atoms in total.